The van der Waals surface area contributed by atoms with Crippen molar-refractivity contribution in [2.45, 2.75) is 32.9 Å². The maximum absolute atomic E-state index is 12.6. The lowest BCUT2D eigenvalue weighted by atomic mass is 10.1. The number of amides is 1. The van der Waals surface area contributed by atoms with E-state index >= 15 is 0 Å². The summed E-state index contributed by atoms with van der Waals surface area (Å²) in [5.74, 6) is 0.704. The number of nitrogens with one attached hydrogen (secondary N) is 1. The van der Waals surface area contributed by atoms with Crippen LogP contribution in [0.15, 0.2) is 54.6 Å². The highest BCUT2D eigenvalue weighted by atomic mass is 16.1. The molecule has 3 rings (SSSR count). The molecule has 128 valence electrons. The van der Waals surface area contributed by atoms with Gasteiger partial charge in [0.2, 0.25) is 5.91 Å². The number of ketones is 1. The number of rotatable bonds is 7. The number of hydrogen-bond donors (Lipinski definition) is 1. The molecule has 2 aromatic carbocycles. The normalized spacial score (nSPS) is 10.8. The second-order valence-electron chi connectivity index (χ2n) is 5.92. The fourth-order valence-electron chi connectivity index (χ4n) is 2.79. The van der Waals surface area contributed by atoms with E-state index in [1.165, 1.54) is 0 Å². The van der Waals surface area contributed by atoms with Gasteiger partial charge in [-0.2, -0.15) is 0 Å². The van der Waals surface area contributed by atoms with E-state index in [1.807, 2.05) is 66.1 Å². The molecule has 0 atom stereocenters. The summed E-state index contributed by atoms with van der Waals surface area (Å²) in [6, 6.07) is 16.9. The van der Waals surface area contributed by atoms with E-state index in [9.17, 15) is 9.59 Å². The Labute approximate surface area is 146 Å². The molecule has 0 aliphatic rings. The minimum absolute atomic E-state index is 0.00417. The number of hydrogen-bond acceptors (Lipinski definition) is 3. The Morgan fingerprint density at radius 2 is 1.76 bits per heavy atom. The van der Waals surface area contributed by atoms with Gasteiger partial charge in [-0.1, -0.05) is 49.4 Å². The summed E-state index contributed by atoms with van der Waals surface area (Å²) in [5, 5.41) is 2.88. The third-order valence-corrected chi connectivity index (χ3v) is 4.05. The monoisotopic (exact) mass is 335 g/mol. The van der Waals surface area contributed by atoms with E-state index in [0.717, 1.165) is 17.5 Å². The molecule has 1 amide bonds. The van der Waals surface area contributed by atoms with Crippen LogP contribution in [0.3, 0.4) is 0 Å². The van der Waals surface area contributed by atoms with Crippen LogP contribution in [0.1, 0.15) is 35.9 Å². The number of aromatic nitrogens is 2. The summed E-state index contributed by atoms with van der Waals surface area (Å²) in [6.07, 6.45) is 1.29. The first-order valence-corrected chi connectivity index (χ1v) is 8.48. The Morgan fingerprint density at radius 3 is 2.52 bits per heavy atom. The molecule has 5 nitrogen and oxygen atoms in total. The molecule has 0 bridgehead atoms. The highest BCUT2D eigenvalue weighted by Gasteiger charge is 2.15. The Kier molecular flexibility index (Phi) is 5.23. The van der Waals surface area contributed by atoms with Gasteiger partial charge < -0.3 is 9.88 Å². The quantitative estimate of drug-likeness (QED) is 0.674. The van der Waals surface area contributed by atoms with E-state index in [1.54, 1.807) is 0 Å². The maximum Gasteiger partial charge on any atom is 0.220 e. The lowest BCUT2D eigenvalue weighted by Crippen LogP contribution is -2.25. The zero-order valence-corrected chi connectivity index (χ0v) is 14.2. The van der Waals surface area contributed by atoms with Gasteiger partial charge in [-0.25, -0.2) is 4.98 Å². The third-order valence-electron chi connectivity index (χ3n) is 4.05. The molecular formula is C20H21N3O2. The molecule has 25 heavy (non-hydrogen) atoms. The molecule has 0 saturated carbocycles. The molecule has 0 spiro atoms. The minimum atomic E-state index is -0.00417. The van der Waals surface area contributed by atoms with Crippen LogP contribution in [0.5, 0.6) is 0 Å². The van der Waals surface area contributed by atoms with Crippen molar-refractivity contribution in [3.8, 4) is 0 Å². The van der Waals surface area contributed by atoms with E-state index in [2.05, 4.69) is 10.3 Å². The number of Topliss-reactive ketones (excluding diaryl/α,β-unsaturated/α-hetero) is 1. The largest absolute Gasteiger partial charge is 0.349 e. The van der Waals surface area contributed by atoms with E-state index < -0.39 is 0 Å². The van der Waals surface area contributed by atoms with Crippen molar-refractivity contribution in [3.63, 3.8) is 0 Å². The number of imidazole rings is 1. The first-order chi connectivity index (χ1) is 12.2. The number of carbonyl (C=O) groups excluding carboxylic acids is 2. The molecule has 3 aromatic rings. The summed E-state index contributed by atoms with van der Waals surface area (Å²) >= 11 is 0. The second kappa shape index (κ2) is 7.75. The Balaban J connectivity index is 1.88. The first kappa shape index (κ1) is 16.9. The highest BCUT2D eigenvalue weighted by Crippen LogP contribution is 2.17. The summed E-state index contributed by atoms with van der Waals surface area (Å²) < 4.78 is 1.89. The zero-order chi connectivity index (χ0) is 17.6. The smallest absolute Gasteiger partial charge is 0.220 e. The van der Waals surface area contributed by atoms with E-state index in [0.29, 0.717) is 24.4 Å². The van der Waals surface area contributed by atoms with Crippen molar-refractivity contribution in [1.82, 2.24) is 14.9 Å². The van der Waals surface area contributed by atoms with Crippen molar-refractivity contribution in [1.29, 1.82) is 0 Å². The minimum Gasteiger partial charge on any atom is -0.349 e. The summed E-state index contributed by atoms with van der Waals surface area (Å²) in [4.78, 5) is 29.0. The molecule has 1 aromatic heterocycles. The molecule has 0 fully saturated rings. The van der Waals surface area contributed by atoms with Crippen LogP contribution < -0.4 is 5.32 Å². The van der Waals surface area contributed by atoms with Crippen molar-refractivity contribution in [2.24, 2.45) is 0 Å². The van der Waals surface area contributed by atoms with Crippen molar-refractivity contribution in [2.75, 3.05) is 0 Å². The molecule has 1 N–H and O–H groups in total. The van der Waals surface area contributed by atoms with E-state index in [4.69, 9.17) is 0 Å². The van der Waals surface area contributed by atoms with Crippen LogP contribution in [0.2, 0.25) is 0 Å². The predicted octanol–water partition coefficient (Wildman–Crippen LogP) is 3.34. The Bertz CT molecular complexity index is 884. The molecule has 5 heteroatoms. The van der Waals surface area contributed by atoms with Gasteiger partial charge in [0.25, 0.3) is 0 Å². The van der Waals surface area contributed by atoms with Gasteiger partial charge in [-0.15, -0.1) is 0 Å². The van der Waals surface area contributed by atoms with Crippen molar-refractivity contribution in [3.05, 3.63) is 66.0 Å². The molecule has 1 heterocycles. The van der Waals surface area contributed by atoms with Gasteiger partial charge in [-0.3, -0.25) is 9.59 Å². The summed E-state index contributed by atoms with van der Waals surface area (Å²) in [5.41, 5.74) is 2.39. The zero-order valence-electron chi connectivity index (χ0n) is 14.2. The third kappa shape index (κ3) is 3.94. The molecule has 0 saturated heterocycles. The van der Waals surface area contributed by atoms with Gasteiger partial charge in [0.05, 0.1) is 24.1 Å². The number of fused-ring (bicyclic) bond motifs is 1. The topological polar surface area (TPSA) is 64.0 Å². The predicted molar refractivity (Wildman–Crippen MR) is 97.3 cm³/mol. The second-order valence-corrected chi connectivity index (χ2v) is 5.92. The van der Waals surface area contributed by atoms with Crippen molar-refractivity contribution < 1.29 is 9.59 Å². The highest BCUT2D eigenvalue weighted by molar-refractivity contribution is 5.96. The van der Waals surface area contributed by atoms with Gasteiger partial charge in [-0.05, 0) is 18.6 Å². The number of carbonyl (C=O) groups is 2. The summed E-state index contributed by atoms with van der Waals surface area (Å²) in [7, 11) is 0. The number of nitrogens with zero attached hydrogens (tertiary/aromatic N) is 2. The van der Waals surface area contributed by atoms with Crippen LogP contribution in [-0.4, -0.2) is 21.2 Å². The first-order valence-electron chi connectivity index (χ1n) is 8.48. The van der Waals surface area contributed by atoms with Crippen LogP contribution in [-0.2, 0) is 17.9 Å². The molecule has 0 aliphatic carbocycles. The SMILES string of the molecule is CCCC(=O)NCc1nc2ccccc2n1CC(=O)c1ccccc1. The summed E-state index contributed by atoms with van der Waals surface area (Å²) in [6.45, 7) is 2.48. The van der Waals surface area contributed by atoms with Crippen molar-refractivity contribution >= 4 is 22.7 Å². The van der Waals surface area contributed by atoms with Crippen LogP contribution in [0.25, 0.3) is 11.0 Å². The average molecular weight is 335 g/mol. The molecule has 0 aliphatic heterocycles. The van der Waals surface area contributed by atoms with Gasteiger partial charge in [0.15, 0.2) is 5.78 Å². The van der Waals surface area contributed by atoms with Crippen LogP contribution >= 0.6 is 0 Å². The fraction of sp³-hybridized carbons (Fsp3) is 0.250. The van der Waals surface area contributed by atoms with Gasteiger partial charge in [0, 0.05) is 12.0 Å². The molecule has 0 radical (unpaired) electrons. The number of para-hydroxylation sites is 2. The Hall–Kier alpha value is -2.95. The van der Waals surface area contributed by atoms with Crippen LogP contribution in [0.4, 0.5) is 0 Å². The lowest BCUT2D eigenvalue weighted by molar-refractivity contribution is -0.121. The van der Waals surface area contributed by atoms with Crippen LogP contribution in [0, 0.1) is 0 Å². The number of benzene rings is 2. The standard InChI is InChI=1S/C20H21N3O2/c1-2-8-20(25)21-13-19-22-16-11-6-7-12-17(16)23(19)14-18(24)15-9-4-3-5-10-15/h3-7,9-12H,2,8,13-14H2,1H3,(H,21,25). The van der Waals surface area contributed by atoms with Gasteiger partial charge >= 0.3 is 0 Å². The Morgan fingerprint density at radius 1 is 1.04 bits per heavy atom. The van der Waals surface area contributed by atoms with E-state index in [-0.39, 0.29) is 18.2 Å². The molecule has 0 unspecified atom stereocenters. The molecular weight excluding hydrogens is 314 g/mol. The average Bonchev–Trinajstić information content (AvgIpc) is 2.99. The van der Waals surface area contributed by atoms with Gasteiger partial charge in [0.1, 0.15) is 5.82 Å². The lowest BCUT2D eigenvalue weighted by Gasteiger charge is -2.10. The fourth-order valence-corrected chi connectivity index (χ4v) is 2.79. The maximum atomic E-state index is 12.6.